The van der Waals surface area contributed by atoms with E-state index in [-0.39, 0.29) is 0 Å². The zero-order chi connectivity index (χ0) is 15.1. The van der Waals surface area contributed by atoms with Crippen molar-refractivity contribution in [3.05, 3.63) is 36.9 Å². The molecule has 0 amide bonds. The minimum Gasteiger partial charge on any atom is -0.494 e. The number of nitrogens with zero attached hydrogens (tertiary/aromatic N) is 4. The van der Waals surface area contributed by atoms with Gasteiger partial charge in [0.25, 0.3) is 0 Å². The van der Waals surface area contributed by atoms with Gasteiger partial charge in [0.05, 0.1) is 29.9 Å². The maximum Gasteiger partial charge on any atom is 0.188 e. The number of methoxy groups -OCH3 is 1. The number of pyridine rings is 1. The lowest BCUT2D eigenvalue weighted by molar-refractivity contribution is 0.416. The summed E-state index contributed by atoms with van der Waals surface area (Å²) in [5, 5.41) is 4.06. The van der Waals surface area contributed by atoms with E-state index in [9.17, 15) is 0 Å². The van der Waals surface area contributed by atoms with Gasteiger partial charge in [-0.05, 0) is 12.1 Å². The second-order valence-corrected chi connectivity index (χ2v) is 5.89. The van der Waals surface area contributed by atoms with Gasteiger partial charge in [0.15, 0.2) is 5.13 Å². The Balaban J connectivity index is 1.81. The lowest BCUT2D eigenvalue weighted by Crippen LogP contribution is -1.94. The summed E-state index contributed by atoms with van der Waals surface area (Å²) in [7, 11) is 3.61. The van der Waals surface area contributed by atoms with Gasteiger partial charge in [-0.3, -0.25) is 4.98 Å². The van der Waals surface area contributed by atoms with E-state index < -0.39 is 0 Å². The summed E-state index contributed by atoms with van der Waals surface area (Å²) in [5.74, 6) is 0.734. The van der Waals surface area contributed by atoms with Crippen molar-refractivity contribution in [1.82, 2.24) is 19.5 Å². The average Bonchev–Trinajstić information content (AvgIpc) is 3.11. The summed E-state index contributed by atoms with van der Waals surface area (Å²) in [4.78, 5) is 13.2. The summed E-state index contributed by atoms with van der Waals surface area (Å²) >= 11 is 1.58. The van der Waals surface area contributed by atoms with E-state index in [1.54, 1.807) is 37.2 Å². The first-order valence-electron chi connectivity index (χ1n) is 6.72. The van der Waals surface area contributed by atoms with Gasteiger partial charge >= 0.3 is 0 Å². The fraction of sp³-hybridized carbons (Fsp3) is 0.133. The molecule has 3 heterocycles. The smallest absolute Gasteiger partial charge is 0.188 e. The van der Waals surface area contributed by atoms with Crippen molar-refractivity contribution in [3.8, 4) is 5.75 Å². The van der Waals surface area contributed by atoms with Gasteiger partial charge in [0, 0.05) is 19.3 Å². The molecule has 110 valence electrons. The maximum atomic E-state index is 5.32. The molecular weight excluding hydrogens is 298 g/mol. The Kier molecular flexibility index (Phi) is 2.93. The Morgan fingerprint density at radius 2 is 2.14 bits per heavy atom. The van der Waals surface area contributed by atoms with Crippen molar-refractivity contribution in [1.29, 1.82) is 0 Å². The molecule has 0 spiro atoms. The minimum atomic E-state index is 0.734. The standard InChI is InChI=1S/C15H13N5OS/c1-20-8-17-13-10(20)3-4-12-14(13)19-15(22-12)18-9-7-16-6-5-11(9)21-2/h3-8H,1-2H3,(H,18,19). The van der Waals surface area contributed by atoms with Crippen molar-refractivity contribution in [2.75, 3.05) is 12.4 Å². The zero-order valence-electron chi connectivity index (χ0n) is 12.1. The quantitative estimate of drug-likeness (QED) is 0.628. The summed E-state index contributed by atoms with van der Waals surface area (Å²) in [6.45, 7) is 0. The Morgan fingerprint density at radius 3 is 3.00 bits per heavy atom. The molecule has 0 aliphatic rings. The third kappa shape index (κ3) is 1.98. The number of imidazole rings is 1. The number of ether oxygens (including phenoxy) is 1. The monoisotopic (exact) mass is 311 g/mol. The number of rotatable bonds is 3. The number of aromatic nitrogens is 4. The SMILES string of the molecule is COc1ccncc1Nc1nc2c(ccc3c2ncn3C)s1. The van der Waals surface area contributed by atoms with Crippen LogP contribution in [0.3, 0.4) is 0 Å². The molecule has 4 rings (SSSR count). The van der Waals surface area contributed by atoms with Crippen LogP contribution in [0.25, 0.3) is 21.3 Å². The minimum absolute atomic E-state index is 0.734. The summed E-state index contributed by atoms with van der Waals surface area (Å²) in [6, 6.07) is 5.95. The van der Waals surface area contributed by atoms with Crippen LogP contribution < -0.4 is 10.1 Å². The van der Waals surface area contributed by atoms with E-state index in [1.165, 1.54) is 0 Å². The normalized spacial score (nSPS) is 11.2. The molecule has 0 unspecified atom stereocenters. The number of hydrogen-bond acceptors (Lipinski definition) is 6. The fourth-order valence-corrected chi connectivity index (χ4v) is 3.29. The van der Waals surface area contributed by atoms with Gasteiger partial charge in [-0.2, -0.15) is 0 Å². The van der Waals surface area contributed by atoms with E-state index >= 15 is 0 Å². The molecule has 1 N–H and O–H groups in total. The molecular formula is C15H13N5OS. The molecule has 0 fully saturated rings. The Bertz CT molecular complexity index is 975. The van der Waals surface area contributed by atoms with E-state index in [4.69, 9.17) is 4.74 Å². The van der Waals surface area contributed by atoms with Crippen LogP contribution in [0, 0.1) is 0 Å². The highest BCUT2D eigenvalue weighted by Gasteiger charge is 2.12. The van der Waals surface area contributed by atoms with Gasteiger partial charge in [-0.1, -0.05) is 11.3 Å². The average molecular weight is 311 g/mol. The molecule has 0 saturated carbocycles. The third-order valence-electron chi connectivity index (χ3n) is 3.50. The number of fused-ring (bicyclic) bond motifs is 3. The topological polar surface area (TPSA) is 64.9 Å². The van der Waals surface area contributed by atoms with Gasteiger partial charge in [-0.15, -0.1) is 0 Å². The second kappa shape index (κ2) is 4.96. The van der Waals surface area contributed by atoms with E-state index in [2.05, 4.69) is 32.4 Å². The van der Waals surface area contributed by atoms with Crippen LogP contribution in [0.1, 0.15) is 0 Å². The number of nitrogens with one attached hydrogen (secondary N) is 1. The van der Waals surface area contributed by atoms with Crippen molar-refractivity contribution in [3.63, 3.8) is 0 Å². The molecule has 0 aliphatic carbocycles. The molecule has 4 aromatic rings. The summed E-state index contributed by atoms with van der Waals surface area (Å²) in [6.07, 6.45) is 5.22. The molecule has 1 aromatic carbocycles. The first-order chi connectivity index (χ1) is 10.8. The fourth-order valence-electron chi connectivity index (χ4n) is 2.41. The van der Waals surface area contributed by atoms with Crippen molar-refractivity contribution in [2.24, 2.45) is 7.05 Å². The molecule has 0 bridgehead atoms. The van der Waals surface area contributed by atoms with Crippen LogP contribution in [0.5, 0.6) is 5.75 Å². The Hall–Kier alpha value is -2.67. The van der Waals surface area contributed by atoms with Crippen LogP contribution in [0.4, 0.5) is 10.8 Å². The highest BCUT2D eigenvalue weighted by Crippen LogP contribution is 2.34. The Labute approximate surface area is 130 Å². The van der Waals surface area contributed by atoms with Gasteiger partial charge in [-0.25, -0.2) is 9.97 Å². The largest absolute Gasteiger partial charge is 0.494 e. The second-order valence-electron chi connectivity index (χ2n) is 4.86. The van der Waals surface area contributed by atoms with Crippen molar-refractivity contribution >= 4 is 43.4 Å². The molecule has 22 heavy (non-hydrogen) atoms. The van der Waals surface area contributed by atoms with Gasteiger partial charge in [0.2, 0.25) is 0 Å². The summed E-state index contributed by atoms with van der Waals surface area (Å²) < 4.78 is 8.41. The van der Waals surface area contributed by atoms with Crippen LogP contribution in [-0.4, -0.2) is 26.6 Å². The molecule has 0 saturated heterocycles. The van der Waals surface area contributed by atoms with Crippen LogP contribution in [-0.2, 0) is 7.05 Å². The van der Waals surface area contributed by atoms with Crippen LogP contribution in [0.15, 0.2) is 36.9 Å². The predicted octanol–water partition coefficient (Wildman–Crippen LogP) is 3.33. The first-order valence-corrected chi connectivity index (χ1v) is 7.53. The molecule has 0 radical (unpaired) electrons. The lowest BCUT2D eigenvalue weighted by Gasteiger charge is -2.07. The van der Waals surface area contributed by atoms with E-state index in [0.717, 1.165) is 37.8 Å². The third-order valence-corrected chi connectivity index (χ3v) is 4.43. The summed E-state index contributed by atoms with van der Waals surface area (Å²) in [5.41, 5.74) is 3.69. The molecule has 0 aliphatic heterocycles. The highest BCUT2D eigenvalue weighted by molar-refractivity contribution is 7.22. The molecule has 6 nitrogen and oxygen atoms in total. The first kappa shape index (κ1) is 13.0. The van der Waals surface area contributed by atoms with E-state index in [1.807, 2.05) is 17.7 Å². The zero-order valence-corrected chi connectivity index (χ0v) is 12.9. The maximum absolute atomic E-state index is 5.32. The number of aryl methyl sites for hydroxylation is 1. The number of benzene rings is 1. The molecule has 3 aromatic heterocycles. The van der Waals surface area contributed by atoms with Gasteiger partial charge in [0.1, 0.15) is 22.5 Å². The number of anilines is 2. The van der Waals surface area contributed by atoms with Crippen molar-refractivity contribution in [2.45, 2.75) is 0 Å². The van der Waals surface area contributed by atoms with Gasteiger partial charge < -0.3 is 14.6 Å². The van der Waals surface area contributed by atoms with Crippen molar-refractivity contribution < 1.29 is 4.74 Å². The Morgan fingerprint density at radius 1 is 1.23 bits per heavy atom. The molecule has 0 atom stereocenters. The number of hydrogen-bond donors (Lipinski definition) is 1. The van der Waals surface area contributed by atoms with Crippen LogP contribution in [0.2, 0.25) is 0 Å². The predicted molar refractivity (Wildman–Crippen MR) is 88.0 cm³/mol. The highest BCUT2D eigenvalue weighted by atomic mass is 32.1. The van der Waals surface area contributed by atoms with E-state index in [0.29, 0.717) is 0 Å². The number of thiazole rings is 1. The lowest BCUT2D eigenvalue weighted by atomic mass is 10.3. The molecule has 7 heteroatoms. The van der Waals surface area contributed by atoms with Crippen LogP contribution >= 0.6 is 11.3 Å².